The third kappa shape index (κ3) is 4.43. The number of imide groups is 1. The molecule has 1 saturated heterocycles. The Labute approximate surface area is 132 Å². The van der Waals surface area contributed by atoms with Crippen LogP contribution in [0.5, 0.6) is 0 Å². The maximum atomic E-state index is 12.0. The van der Waals surface area contributed by atoms with Gasteiger partial charge in [-0.2, -0.15) is 0 Å². The molecule has 22 heavy (non-hydrogen) atoms. The van der Waals surface area contributed by atoms with E-state index in [9.17, 15) is 14.4 Å². The first-order valence-corrected chi connectivity index (χ1v) is 7.83. The quantitative estimate of drug-likeness (QED) is 0.663. The molecule has 4 amide bonds. The van der Waals surface area contributed by atoms with Crippen molar-refractivity contribution in [3.8, 4) is 0 Å². The summed E-state index contributed by atoms with van der Waals surface area (Å²) >= 11 is 0. The monoisotopic (exact) mass is 312 g/mol. The molecule has 0 bridgehead atoms. The van der Waals surface area contributed by atoms with Crippen molar-refractivity contribution in [2.45, 2.75) is 39.7 Å². The van der Waals surface area contributed by atoms with Gasteiger partial charge in [0.1, 0.15) is 5.54 Å². The van der Waals surface area contributed by atoms with Crippen LogP contribution >= 0.6 is 0 Å². The van der Waals surface area contributed by atoms with Crippen molar-refractivity contribution in [1.82, 2.24) is 20.0 Å². The molecular weight excluding hydrogens is 284 g/mol. The molecule has 1 heterocycles. The van der Waals surface area contributed by atoms with Gasteiger partial charge in [0.25, 0.3) is 5.91 Å². The summed E-state index contributed by atoms with van der Waals surface area (Å²) in [5.74, 6) is -0.0944. The molecule has 0 saturated carbocycles. The summed E-state index contributed by atoms with van der Waals surface area (Å²) in [5.41, 5.74) is -0.818. The standard InChI is InChI=1S/C15H28N4O3/c1-6-18(7-2)12(20)11-17(5)9-8-10-19-13(21)15(3,4)16-14(19)22/h6-11H2,1-5H3,(H,16,22). The molecule has 0 spiro atoms. The highest BCUT2D eigenvalue weighted by atomic mass is 16.2. The highest BCUT2D eigenvalue weighted by Gasteiger charge is 2.43. The number of carbonyl (C=O) groups is 3. The minimum absolute atomic E-state index is 0.101. The number of carbonyl (C=O) groups excluding carboxylic acids is 3. The summed E-state index contributed by atoms with van der Waals surface area (Å²) in [4.78, 5) is 40.7. The number of hydrogen-bond donors (Lipinski definition) is 1. The molecule has 126 valence electrons. The van der Waals surface area contributed by atoms with E-state index in [2.05, 4.69) is 5.32 Å². The van der Waals surface area contributed by atoms with Gasteiger partial charge in [-0.3, -0.25) is 19.4 Å². The average molecular weight is 312 g/mol. The van der Waals surface area contributed by atoms with Crippen molar-refractivity contribution in [2.75, 3.05) is 39.8 Å². The second kappa shape index (κ2) is 7.58. The fourth-order valence-corrected chi connectivity index (χ4v) is 2.51. The van der Waals surface area contributed by atoms with Crippen LogP contribution in [0.4, 0.5) is 4.79 Å². The van der Waals surface area contributed by atoms with Gasteiger partial charge in [0.15, 0.2) is 0 Å². The largest absolute Gasteiger partial charge is 0.342 e. The number of rotatable bonds is 8. The zero-order valence-corrected chi connectivity index (χ0v) is 14.3. The summed E-state index contributed by atoms with van der Waals surface area (Å²) in [5, 5.41) is 2.66. The zero-order chi connectivity index (χ0) is 16.9. The second-order valence-corrected chi connectivity index (χ2v) is 6.17. The number of urea groups is 1. The predicted molar refractivity (Wildman–Crippen MR) is 84.4 cm³/mol. The van der Waals surface area contributed by atoms with Crippen LogP contribution in [0.15, 0.2) is 0 Å². The summed E-state index contributed by atoms with van der Waals surface area (Å²) in [6.45, 7) is 10.1. The van der Waals surface area contributed by atoms with Crippen molar-refractivity contribution in [2.24, 2.45) is 0 Å². The molecule has 0 aromatic rings. The number of likely N-dealkylation sites (N-methyl/N-ethyl adjacent to an activating group) is 2. The van der Waals surface area contributed by atoms with Crippen molar-refractivity contribution in [3.63, 3.8) is 0 Å². The molecule has 1 N–H and O–H groups in total. The fourth-order valence-electron chi connectivity index (χ4n) is 2.51. The lowest BCUT2D eigenvalue weighted by atomic mass is 10.1. The molecule has 1 fully saturated rings. The topological polar surface area (TPSA) is 73.0 Å². The van der Waals surface area contributed by atoms with Gasteiger partial charge in [-0.1, -0.05) is 0 Å². The summed E-state index contributed by atoms with van der Waals surface area (Å²) in [7, 11) is 1.87. The first-order valence-electron chi connectivity index (χ1n) is 7.83. The number of nitrogens with one attached hydrogen (secondary N) is 1. The van der Waals surface area contributed by atoms with Crippen LogP contribution in [0.3, 0.4) is 0 Å². The lowest BCUT2D eigenvalue weighted by Gasteiger charge is -2.23. The highest BCUT2D eigenvalue weighted by Crippen LogP contribution is 2.16. The zero-order valence-electron chi connectivity index (χ0n) is 14.3. The van der Waals surface area contributed by atoms with Crippen molar-refractivity contribution in [1.29, 1.82) is 0 Å². The van der Waals surface area contributed by atoms with E-state index in [0.29, 0.717) is 39.1 Å². The van der Waals surface area contributed by atoms with Crippen molar-refractivity contribution in [3.05, 3.63) is 0 Å². The van der Waals surface area contributed by atoms with Gasteiger partial charge in [0, 0.05) is 26.2 Å². The molecule has 7 nitrogen and oxygen atoms in total. The molecule has 0 atom stereocenters. The molecule has 0 aromatic carbocycles. The van der Waals surface area contributed by atoms with Crippen LogP contribution in [-0.4, -0.2) is 77.9 Å². The second-order valence-electron chi connectivity index (χ2n) is 6.17. The SMILES string of the molecule is CCN(CC)C(=O)CN(C)CCCN1C(=O)NC(C)(C)C1=O. The molecular formula is C15H28N4O3. The van der Waals surface area contributed by atoms with Gasteiger partial charge < -0.3 is 10.2 Å². The minimum Gasteiger partial charge on any atom is -0.342 e. The molecule has 0 unspecified atom stereocenters. The van der Waals surface area contributed by atoms with Gasteiger partial charge >= 0.3 is 6.03 Å². The van der Waals surface area contributed by atoms with E-state index in [1.165, 1.54) is 4.90 Å². The highest BCUT2D eigenvalue weighted by molar-refractivity contribution is 6.06. The van der Waals surface area contributed by atoms with Gasteiger partial charge in [0.2, 0.25) is 5.91 Å². The van der Waals surface area contributed by atoms with Crippen LogP contribution < -0.4 is 5.32 Å². The molecule has 7 heteroatoms. The van der Waals surface area contributed by atoms with E-state index >= 15 is 0 Å². The first kappa shape index (κ1) is 18.4. The number of hydrogen-bond acceptors (Lipinski definition) is 4. The van der Waals surface area contributed by atoms with Crippen LogP contribution in [0, 0.1) is 0 Å². The van der Waals surface area contributed by atoms with Crippen LogP contribution in [-0.2, 0) is 9.59 Å². The molecule has 1 rings (SSSR count). The Morgan fingerprint density at radius 3 is 2.27 bits per heavy atom. The maximum absolute atomic E-state index is 12.0. The number of nitrogens with zero attached hydrogens (tertiary/aromatic N) is 3. The third-order valence-corrected chi connectivity index (χ3v) is 3.89. The van der Waals surface area contributed by atoms with E-state index in [0.717, 1.165) is 0 Å². The normalized spacial score (nSPS) is 17.1. The number of amides is 4. The first-order chi connectivity index (χ1) is 10.2. The lowest BCUT2D eigenvalue weighted by molar-refractivity contribution is -0.132. The fraction of sp³-hybridized carbons (Fsp3) is 0.800. The van der Waals surface area contributed by atoms with Gasteiger partial charge in [-0.15, -0.1) is 0 Å². The van der Waals surface area contributed by atoms with Crippen LogP contribution in [0.25, 0.3) is 0 Å². The van der Waals surface area contributed by atoms with Crippen LogP contribution in [0.2, 0.25) is 0 Å². The Hall–Kier alpha value is -1.63. The van der Waals surface area contributed by atoms with Crippen molar-refractivity contribution >= 4 is 17.8 Å². The average Bonchev–Trinajstić information content (AvgIpc) is 2.61. The van der Waals surface area contributed by atoms with Crippen LogP contribution in [0.1, 0.15) is 34.1 Å². The van der Waals surface area contributed by atoms with E-state index in [1.807, 2.05) is 25.8 Å². The van der Waals surface area contributed by atoms with E-state index in [-0.39, 0.29) is 17.8 Å². The third-order valence-electron chi connectivity index (χ3n) is 3.89. The summed E-state index contributed by atoms with van der Waals surface area (Å²) in [6.07, 6.45) is 0.650. The van der Waals surface area contributed by atoms with Gasteiger partial charge in [-0.25, -0.2) is 4.79 Å². The van der Waals surface area contributed by atoms with Gasteiger partial charge in [-0.05, 0) is 41.2 Å². The molecule has 0 radical (unpaired) electrons. The Kier molecular flexibility index (Phi) is 6.34. The molecule has 0 aromatic heterocycles. The Morgan fingerprint density at radius 1 is 1.23 bits per heavy atom. The molecule has 1 aliphatic rings. The Bertz CT molecular complexity index is 433. The van der Waals surface area contributed by atoms with E-state index in [4.69, 9.17) is 0 Å². The predicted octanol–water partition coefficient (Wildman–Crippen LogP) is 0.507. The molecule has 1 aliphatic heterocycles. The lowest BCUT2D eigenvalue weighted by Crippen LogP contribution is -2.41. The molecule has 0 aliphatic carbocycles. The smallest absolute Gasteiger partial charge is 0.325 e. The summed E-state index contributed by atoms with van der Waals surface area (Å²) in [6, 6.07) is -0.336. The Morgan fingerprint density at radius 2 is 1.82 bits per heavy atom. The van der Waals surface area contributed by atoms with E-state index < -0.39 is 5.54 Å². The minimum atomic E-state index is -0.818. The maximum Gasteiger partial charge on any atom is 0.325 e. The van der Waals surface area contributed by atoms with E-state index in [1.54, 1.807) is 18.7 Å². The Balaban J connectivity index is 2.37. The van der Waals surface area contributed by atoms with Crippen molar-refractivity contribution < 1.29 is 14.4 Å². The summed E-state index contributed by atoms with van der Waals surface area (Å²) < 4.78 is 0. The van der Waals surface area contributed by atoms with Gasteiger partial charge in [0.05, 0.1) is 6.54 Å².